The minimum Gasteiger partial charge on any atom is -0.388 e. The normalized spacial score (nSPS) is 32.0. The van der Waals surface area contributed by atoms with Crippen LogP contribution in [0.1, 0.15) is 5.56 Å². The highest BCUT2D eigenvalue weighted by atomic mass is 32.2. The van der Waals surface area contributed by atoms with Gasteiger partial charge in [-0.3, -0.25) is 4.99 Å². The average molecular weight is 410 g/mol. The van der Waals surface area contributed by atoms with Crippen LogP contribution >= 0.6 is 11.8 Å². The summed E-state index contributed by atoms with van der Waals surface area (Å²) in [5.41, 5.74) is -0.555. The van der Waals surface area contributed by atoms with Crippen LogP contribution in [0.2, 0.25) is 0 Å². The summed E-state index contributed by atoms with van der Waals surface area (Å²) in [5, 5.41) is 23.6. The van der Waals surface area contributed by atoms with Crippen LogP contribution in [-0.2, 0) is 16.1 Å². The quantitative estimate of drug-likeness (QED) is 0.652. The summed E-state index contributed by atoms with van der Waals surface area (Å²) in [4.78, 5) is 4.09. The van der Waals surface area contributed by atoms with Crippen molar-refractivity contribution in [3.05, 3.63) is 35.6 Å². The minimum absolute atomic E-state index is 0.324. The number of hydrogen-bond acceptors (Lipinski definition) is 7. The number of fused-ring (bicyclic) bond motifs is 1. The Hall–Kier alpha value is -1.40. The number of halogens is 4. The number of nitrogens with one attached hydrogen (secondary N) is 1. The lowest BCUT2D eigenvalue weighted by Gasteiger charge is -2.41. The van der Waals surface area contributed by atoms with Crippen LogP contribution in [0, 0.1) is 5.82 Å². The monoisotopic (exact) mass is 410 g/mol. The average Bonchev–Trinajstić information content (AvgIpc) is 3.03. The van der Waals surface area contributed by atoms with Gasteiger partial charge in [0.25, 0.3) is 0 Å². The number of aliphatic hydroxyl groups is 2. The van der Waals surface area contributed by atoms with E-state index in [0.717, 1.165) is 23.9 Å². The van der Waals surface area contributed by atoms with Crippen molar-refractivity contribution in [1.29, 1.82) is 0 Å². The van der Waals surface area contributed by atoms with Crippen molar-refractivity contribution in [1.82, 2.24) is 5.32 Å². The zero-order valence-corrected chi connectivity index (χ0v) is 14.9. The fraction of sp³-hybridized carbons (Fsp3) is 0.562. The summed E-state index contributed by atoms with van der Waals surface area (Å²) in [5.74, 6) is -0.523. The number of thioether (sulfide) groups is 1. The Labute approximate surface area is 156 Å². The molecule has 6 nitrogen and oxygen atoms in total. The first-order chi connectivity index (χ1) is 12.7. The first kappa shape index (κ1) is 20.3. The van der Waals surface area contributed by atoms with Crippen LogP contribution in [0.4, 0.5) is 17.6 Å². The van der Waals surface area contributed by atoms with E-state index < -0.39 is 54.5 Å². The van der Waals surface area contributed by atoms with E-state index in [1.54, 1.807) is 7.05 Å². The predicted molar refractivity (Wildman–Crippen MR) is 89.6 cm³/mol. The Morgan fingerprint density at radius 1 is 1.26 bits per heavy atom. The molecule has 11 heteroatoms. The molecule has 3 N–H and O–H groups in total. The minimum atomic E-state index is -4.85. The molecule has 2 aliphatic heterocycles. The molecule has 1 fully saturated rings. The van der Waals surface area contributed by atoms with Crippen molar-refractivity contribution in [2.45, 2.75) is 48.7 Å². The van der Waals surface area contributed by atoms with Gasteiger partial charge in [-0.2, -0.15) is 13.2 Å². The topological polar surface area (TPSA) is 83.3 Å². The fourth-order valence-electron chi connectivity index (χ4n) is 2.90. The second-order valence-electron chi connectivity index (χ2n) is 6.14. The van der Waals surface area contributed by atoms with E-state index in [4.69, 9.17) is 9.47 Å². The van der Waals surface area contributed by atoms with Crippen molar-refractivity contribution in [3.8, 4) is 0 Å². The summed E-state index contributed by atoms with van der Waals surface area (Å²) < 4.78 is 64.0. The summed E-state index contributed by atoms with van der Waals surface area (Å²) in [6, 6.07) is 3.92. The number of rotatable bonds is 4. The van der Waals surface area contributed by atoms with E-state index in [9.17, 15) is 27.8 Å². The second-order valence-corrected chi connectivity index (χ2v) is 7.23. The van der Waals surface area contributed by atoms with Crippen molar-refractivity contribution < 1.29 is 37.2 Å². The molecule has 0 radical (unpaired) electrons. The number of aliphatic hydroxyl groups excluding tert-OH is 2. The van der Waals surface area contributed by atoms with Crippen molar-refractivity contribution in [2.75, 3.05) is 7.05 Å². The van der Waals surface area contributed by atoms with E-state index >= 15 is 0 Å². The van der Waals surface area contributed by atoms with Gasteiger partial charge in [0.1, 0.15) is 35.6 Å². The third kappa shape index (κ3) is 4.37. The summed E-state index contributed by atoms with van der Waals surface area (Å²) in [6.45, 7) is -0.466. The lowest BCUT2D eigenvalue weighted by molar-refractivity contribution is -0.286. The van der Waals surface area contributed by atoms with Crippen LogP contribution < -0.4 is 5.32 Å². The summed E-state index contributed by atoms with van der Waals surface area (Å²) in [7, 11) is 1.58. The van der Waals surface area contributed by atoms with E-state index in [1.807, 2.05) is 0 Å². The summed E-state index contributed by atoms with van der Waals surface area (Å²) in [6.07, 6.45) is -12.5. The van der Waals surface area contributed by atoms with Gasteiger partial charge >= 0.3 is 6.18 Å². The van der Waals surface area contributed by atoms with Gasteiger partial charge in [-0.25, -0.2) is 4.39 Å². The van der Waals surface area contributed by atoms with Crippen molar-refractivity contribution >= 4 is 16.9 Å². The molecule has 150 valence electrons. The number of benzene rings is 1. The van der Waals surface area contributed by atoms with Gasteiger partial charge in [0, 0.05) is 7.05 Å². The van der Waals surface area contributed by atoms with Crippen LogP contribution in [0.3, 0.4) is 0 Å². The van der Waals surface area contributed by atoms with Gasteiger partial charge in [-0.05, 0) is 17.7 Å². The first-order valence-electron chi connectivity index (χ1n) is 8.07. The Bertz CT molecular complexity index is 688. The molecule has 3 rings (SSSR count). The molecule has 0 unspecified atom stereocenters. The van der Waals surface area contributed by atoms with E-state index in [2.05, 4.69) is 10.3 Å². The maximum Gasteiger partial charge on any atom is 0.417 e. The molecular weight excluding hydrogens is 392 g/mol. The van der Waals surface area contributed by atoms with Crippen molar-refractivity contribution in [3.63, 3.8) is 0 Å². The molecule has 27 heavy (non-hydrogen) atoms. The maximum absolute atomic E-state index is 13.6. The zero-order chi connectivity index (χ0) is 19.8. The number of nitrogens with zero attached hydrogens (tertiary/aromatic N) is 1. The molecular formula is C16H18F4N2O4S. The number of aliphatic imine (C=N–C) groups is 1. The van der Waals surface area contributed by atoms with Gasteiger partial charge in [-0.15, -0.1) is 0 Å². The Morgan fingerprint density at radius 3 is 2.52 bits per heavy atom. The van der Waals surface area contributed by atoms with Gasteiger partial charge in [0.05, 0.1) is 6.61 Å². The Kier molecular flexibility index (Phi) is 5.96. The molecule has 2 heterocycles. The molecule has 2 aliphatic rings. The number of ether oxygens (including phenoxy) is 2. The molecule has 0 bridgehead atoms. The Morgan fingerprint density at radius 2 is 1.93 bits per heavy atom. The smallest absolute Gasteiger partial charge is 0.388 e. The van der Waals surface area contributed by atoms with Gasteiger partial charge < -0.3 is 25.0 Å². The standard InChI is InChI=1S/C16H18F4N2O4S/c1-21-15-22-9-10(23)11(24)12(26-14(9)27-15)13(16(18,19)20)25-6-7-2-4-8(17)5-3-7/h2-5,9-14,23-24H,6H2,1H3,(H,21,22)/t9-,10-,11+,12+,13-,14-/m1/s1. The van der Waals surface area contributed by atoms with E-state index in [-0.39, 0.29) is 0 Å². The lowest BCUT2D eigenvalue weighted by atomic mass is 9.94. The molecule has 1 aromatic carbocycles. The first-order valence-corrected chi connectivity index (χ1v) is 8.95. The second kappa shape index (κ2) is 7.92. The highest BCUT2D eigenvalue weighted by molar-refractivity contribution is 8.14. The highest BCUT2D eigenvalue weighted by Crippen LogP contribution is 2.40. The van der Waals surface area contributed by atoms with Crippen LogP contribution in [0.5, 0.6) is 0 Å². The van der Waals surface area contributed by atoms with Crippen LogP contribution in [0.15, 0.2) is 29.3 Å². The molecule has 6 atom stereocenters. The van der Waals surface area contributed by atoms with E-state index in [1.165, 1.54) is 12.1 Å². The molecule has 0 spiro atoms. The predicted octanol–water partition coefficient (Wildman–Crippen LogP) is 1.41. The van der Waals surface area contributed by atoms with Crippen LogP contribution in [-0.4, -0.2) is 64.5 Å². The number of hydrogen-bond donors (Lipinski definition) is 3. The SMILES string of the molecule is CNC1=N[C@@H]2[C@@H](O)[C@H](O)[C@@H]([C@@H](OCc3ccc(F)cc3)C(F)(F)F)O[C@@H]2S1. The molecule has 0 amide bonds. The van der Waals surface area contributed by atoms with E-state index in [0.29, 0.717) is 10.7 Å². The molecule has 1 saturated heterocycles. The number of alkyl halides is 3. The highest BCUT2D eigenvalue weighted by Gasteiger charge is 2.57. The Balaban J connectivity index is 1.75. The maximum atomic E-state index is 13.6. The fourth-order valence-corrected chi connectivity index (χ4v) is 3.97. The summed E-state index contributed by atoms with van der Waals surface area (Å²) >= 11 is 1.03. The molecule has 1 aromatic rings. The van der Waals surface area contributed by atoms with Crippen molar-refractivity contribution in [2.24, 2.45) is 4.99 Å². The molecule has 0 aromatic heterocycles. The largest absolute Gasteiger partial charge is 0.417 e. The molecule has 0 saturated carbocycles. The van der Waals surface area contributed by atoms with Gasteiger partial charge in [0.2, 0.25) is 0 Å². The molecule has 0 aliphatic carbocycles. The number of amidine groups is 1. The van der Waals surface area contributed by atoms with Crippen LogP contribution in [0.25, 0.3) is 0 Å². The van der Waals surface area contributed by atoms with Gasteiger partial charge in [0.15, 0.2) is 11.3 Å². The third-order valence-corrected chi connectivity index (χ3v) is 5.43. The third-order valence-electron chi connectivity index (χ3n) is 4.28. The zero-order valence-electron chi connectivity index (χ0n) is 14.1. The van der Waals surface area contributed by atoms with Gasteiger partial charge in [-0.1, -0.05) is 23.9 Å². The lowest BCUT2D eigenvalue weighted by Crippen LogP contribution is -2.61.